The Balaban J connectivity index is 1.59. The molecule has 1 amide bonds. The maximum Gasteiger partial charge on any atom is 0.257 e. The summed E-state index contributed by atoms with van der Waals surface area (Å²) >= 11 is 0. The molecule has 2 aliphatic rings. The number of hydrogen-bond acceptors (Lipinski definition) is 4. The number of nitrogens with zero attached hydrogens (tertiary/aromatic N) is 1. The quantitative estimate of drug-likeness (QED) is 0.862. The topological polar surface area (TPSA) is 53.6 Å². The van der Waals surface area contributed by atoms with Crippen LogP contribution in [0.25, 0.3) is 0 Å². The number of fused-ring (bicyclic) bond motifs is 1. The molecule has 0 aliphatic carbocycles. The summed E-state index contributed by atoms with van der Waals surface area (Å²) in [7, 11) is 1.61. The van der Waals surface area contributed by atoms with Gasteiger partial charge in [-0.1, -0.05) is 6.07 Å². The first kappa shape index (κ1) is 14.2. The van der Waals surface area contributed by atoms with Crippen molar-refractivity contribution in [3.63, 3.8) is 0 Å². The van der Waals surface area contributed by atoms with Crippen LogP contribution in [0.5, 0.6) is 5.75 Å². The lowest BCUT2D eigenvalue weighted by Crippen LogP contribution is -2.33. The molecule has 1 aromatic carbocycles. The van der Waals surface area contributed by atoms with Gasteiger partial charge in [-0.25, -0.2) is 0 Å². The molecule has 0 spiro atoms. The van der Waals surface area contributed by atoms with Crippen LogP contribution < -0.4 is 15.4 Å². The van der Waals surface area contributed by atoms with E-state index in [1.165, 1.54) is 32.4 Å². The van der Waals surface area contributed by atoms with E-state index in [2.05, 4.69) is 21.6 Å². The number of nitrogens with one attached hydrogen (secondary N) is 2. The monoisotopic (exact) mass is 289 g/mol. The van der Waals surface area contributed by atoms with Crippen LogP contribution in [-0.2, 0) is 4.79 Å². The SMILES string of the molecule is CNC(=O)COc1cccc(NC2CCN3CCCC23)c1. The summed E-state index contributed by atoms with van der Waals surface area (Å²) in [6.07, 6.45) is 3.82. The van der Waals surface area contributed by atoms with E-state index in [-0.39, 0.29) is 12.5 Å². The molecule has 21 heavy (non-hydrogen) atoms. The Hall–Kier alpha value is -1.75. The number of carbonyl (C=O) groups is 1. The summed E-state index contributed by atoms with van der Waals surface area (Å²) in [6.45, 7) is 2.51. The Morgan fingerprint density at radius 1 is 1.38 bits per heavy atom. The predicted molar refractivity (Wildman–Crippen MR) is 82.6 cm³/mol. The summed E-state index contributed by atoms with van der Waals surface area (Å²) in [6, 6.07) is 9.08. The number of amides is 1. The fourth-order valence-electron chi connectivity index (χ4n) is 3.36. The number of likely N-dealkylation sites (N-methyl/N-ethyl adjacent to an activating group) is 1. The summed E-state index contributed by atoms with van der Waals surface area (Å²) in [5.41, 5.74) is 1.07. The van der Waals surface area contributed by atoms with Crippen molar-refractivity contribution in [1.29, 1.82) is 0 Å². The molecule has 2 unspecified atom stereocenters. The molecule has 2 saturated heterocycles. The highest BCUT2D eigenvalue weighted by molar-refractivity contribution is 5.77. The second kappa shape index (κ2) is 6.35. The van der Waals surface area contributed by atoms with Crippen molar-refractivity contribution in [2.45, 2.75) is 31.3 Å². The molecule has 0 radical (unpaired) electrons. The van der Waals surface area contributed by atoms with E-state index in [1.807, 2.05) is 18.2 Å². The number of hydrogen-bond donors (Lipinski definition) is 2. The summed E-state index contributed by atoms with van der Waals surface area (Å²) in [5.74, 6) is 0.607. The Labute approximate surface area is 125 Å². The largest absolute Gasteiger partial charge is 0.484 e. The van der Waals surface area contributed by atoms with Gasteiger partial charge in [0.15, 0.2) is 6.61 Å². The second-order valence-corrected chi connectivity index (χ2v) is 5.77. The summed E-state index contributed by atoms with van der Waals surface area (Å²) < 4.78 is 5.49. The molecule has 0 aromatic heterocycles. The maximum atomic E-state index is 11.2. The van der Waals surface area contributed by atoms with Gasteiger partial charge in [-0.2, -0.15) is 0 Å². The molecular formula is C16H23N3O2. The molecule has 2 heterocycles. The average Bonchev–Trinajstić information content (AvgIpc) is 3.10. The van der Waals surface area contributed by atoms with Gasteiger partial charge in [0.25, 0.3) is 5.91 Å². The van der Waals surface area contributed by atoms with Gasteiger partial charge < -0.3 is 15.4 Å². The Kier molecular flexibility index (Phi) is 4.29. The highest BCUT2D eigenvalue weighted by Crippen LogP contribution is 2.30. The van der Waals surface area contributed by atoms with Crippen LogP contribution >= 0.6 is 0 Å². The van der Waals surface area contributed by atoms with Gasteiger partial charge in [0.1, 0.15) is 5.75 Å². The lowest BCUT2D eigenvalue weighted by Gasteiger charge is -2.22. The van der Waals surface area contributed by atoms with Crippen LogP contribution in [0, 0.1) is 0 Å². The third kappa shape index (κ3) is 3.29. The van der Waals surface area contributed by atoms with Gasteiger partial charge in [-0.3, -0.25) is 9.69 Å². The Bertz CT molecular complexity index is 506. The van der Waals surface area contributed by atoms with E-state index in [9.17, 15) is 4.79 Å². The normalized spacial score (nSPS) is 24.6. The summed E-state index contributed by atoms with van der Waals surface area (Å²) in [5, 5.41) is 6.18. The summed E-state index contributed by atoms with van der Waals surface area (Å²) in [4.78, 5) is 13.8. The first-order chi connectivity index (χ1) is 10.3. The van der Waals surface area contributed by atoms with E-state index in [4.69, 9.17) is 4.74 Å². The number of ether oxygens (including phenoxy) is 1. The molecule has 2 aliphatic heterocycles. The number of benzene rings is 1. The predicted octanol–water partition coefficient (Wildman–Crippen LogP) is 1.46. The van der Waals surface area contributed by atoms with Gasteiger partial charge >= 0.3 is 0 Å². The van der Waals surface area contributed by atoms with Crippen LogP contribution in [0.2, 0.25) is 0 Å². The van der Waals surface area contributed by atoms with Crippen molar-refractivity contribution in [2.75, 3.05) is 32.1 Å². The molecule has 2 N–H and O–H groups in total. The zero-order valence-electron chi connectivity index (χ0n) is 12.5. The van der Waals surface area contributed by atoms with Crippen molar-refractivity contribution < 1.29 is 9.53 Å². The smallest absolute Gasteiger partial charge is 0.257 e. The minimum atomic E-state index is -0.120. The lowest BCUT2D eigenvalue weighted by molar-refractivity contribution is -0.122. The zero-order chi connectivity index (χ0) is 14.7. The van der Waals surface area contributed by atoms with E-state index in [0.717, 1.165) is 11.4 Å². The van der Waals surface area contributed by atoms with Crippen LogP contribution in [0.3, 0.4) is 0 Å². The second-order valence-electron chi connectivity index (χ2n) is 5.77. The van der Waals surface area contributed by atoms with Gasteiger partial charge in [0.2, 0.25) is 0 Å². The molecule has 1 aromatic rings. The van der Waals surface area contributed by atoms with E-state index < -0.39 is 0 Å². The van der Waals surface area contributed by atoms with E-state index in [1.54, 1.807) is 7.05 Å². The minimum absolute atomic E-state index is 0.0553. The Morgan fingerprint density at radius 3 is 3.14 bits per heavy atom. The molecule has 5 nitrogen and oxygen atoms in total. The van der Waals surface area contributed by atoms with Crippen molar-refractivity contribution in [2.24, 2.45) is 0 Å². The number of anilines is 1. The molecule has 114 valence electrons. The minimum Gasteiger partial charge on any atom is -0.484 e. The van der Waals surface area contributed by atoms with Crippen molar-refractivity contribution in [3.8, 4) is 5.75 Å². The highest BCUT2D eigenvalue weighted by Gasteiger charge is 2.36. The van der Waals surface area contributed by atoms with Crippen molar-refractivity contribution >= 4 is 11.6 Å². The number of carbonyl (C=O) groups excluding carboxylic acids is 1. The van der Waals surface area contributed by atoms with Gasteiger partial charge in [-0.05, 0) is 37.9 Å². The molecule has 0 saturated carbocycles. The van der Waals surface area contributed by atoms with Crippen LogP contribution in [0.15, 0.2) is 24.3 Å². The first-order valence-corrected chi connectivity index (χ1v) is 7.70. The first-order valence-electron chi connectivity index (χ1n) is 7.70. The van der Waals surface area contributed by atoms with Crippen LogP contribution in [0.4, 0.5) is 5.69 Å². The standard InChI is InChI=1S/C16H23N3O2/c1-17-16(20)11-21-13-5-2-4-12(10-13)18-14-7-9-19-8-3-6-15(14)19/h2,4-5,10,14-15,18H,3,6-9,11H2,1H3,(H,17,20). The highest BCUT2D eigenvalue weighted by atomic mass is 16.5. The lowest BCUT2D eigenvalue weighted by atomic mass is 10.1. The maximum absolute atomic E-state index is 11.2. The molecule has 3 rings (SSSR count). The van der Waals surface area contributed by atoms with Crippen LogP contribution in [0.1, 0.15) is 19.3 Å². The molecular weight excluding hydrogens is 266 g/mol. The Morgan fingerprint density at radius 2 is 2.29 bits per heavy atom. The molecule has 2 fully saturated rings. The van der Waals surface area contributed by atoms with Crippen molar-refractivity contribution in [1.82, 2.24) is 10.2 Å². The zero-order valence-corrected chi connectivity index (χ0v) is 12.5. The molecule has 0 bridgehead atoms. The third-order valence-electron chi connectivity index (χ3n) is 4.44. The molecule has 5 heteroatoms. The number of rotatable bonds is 5. The van der Waals surface area contributed by atoms with Gasteiger partial charge in [-0.15, -0.1) is 0 Å². The third-order valence-corrected chi connectivity index (χ3v) is 4.44. The van der Waals surface area contributed by atoms with Crippen molar-refractivity contribution in [3.05, 3.63) is 24.3 Å². The van der Waals surface area contributed by atoms with E-state index in [0.29, 0.717) is 12.1 Å². The van der Waals surface area contributed by atoms with Crippen LogP contribution in [-0.4, -0.2) is 49.6 Å². The molecule has 2 atom stereocenters. The van der Waals surface area contributed by atoms with Gasteiger partial charge in [0.05, 0.1) is 0 Å². The average molecular weight is 289 g/mol. The van der Waals surface area contributed by atoms with E-state index >= 15 is 0 Å². The fourth-order valence-corrected chi connectivity index (χ4v) is 3.36. The van der Waals surface area contributed by atoms with Gasteiger partial charge in [0, 0.05) is 37.4 Å². The fraction of sp³-hybridized carbons (Fsp3) is 0.562.